The standard InChI is InChI=1S/C44H40N4O4/c1-27-13-17-31(18-14-27)47-33-25-35(51-23-21-29-9-5-3-6-10-29)41(45)39-37(33)43(49)40-38(44(39)50)34(48-32-19-15-28(2)16-20-32)26-36(42(40)46)52-24-22-30-11-7-4-8-12-30/h3-20,25-26,47-48H,21-24,45-46H2,1-2H3. The van der Waals surface area contributed by atoms with Gasteiger partial charge in [0.1, 0.15) is 11.5 Å². The number of ether oxygens (including phenoxy) is 2. The van der Waals surface area contributed by atoms with Crippen LogP contribution in [-0.4, -0.2) is 24.8 Å². The third kappa shape index (κ3) is 7.04. The molecule has 6 N–H and O–H groups in total. The Kier molecular flexibility index (Phi) is 9.62. The zero-order chi connectivity index (χ0) is 36.2. The summed E-state index contributed by atoms with van der Waals surface area (Å²) in [4.78, 5) is 29.7. The lowest BCUT2D eigenvalue weighted by atomic mass is 9.80. The number of hydrogen-bond acceptors (Lipinski definition) is 8. The molecule has 0 radical (unpaired) electrons. The molecule has 0 aromatic heterocycles. The number of carbonyl (C=O) groups excluding carboxylic acids is 2. The van der Waals surface area contributed by atoms with Gasteiger partial charge in [0.2, 0.25) is 0 Å². The summed E-state index contributed by atoms with van der Waals surface area (Å²) >= 11 is 0. The molecule has 0 bridgehead atoms. The van der Waals surface area contributed by atoms with Crippen molar-refractivity contribution in [3.63, 3.8) is 0 Å². The maximum absolute atomic E-state index is 14.8. The lowest BCUT2D eigenvalue weighted by molar-refractivity contribution is 0.0981. The summed E-state index contributed by atoms with van der Waals surface area (Å²) in [5.74, 6) is -0.286. The minimum atomic E-state index is -0.445. The predicted octanol–water partition coefficient (Wildman–Crippen LogP) is 8.97. The van der Waals surface area contributed by atoms with Crippen molar-refractivity contribution in [2.24, 2.45) is 0 Å². The van der Waals surface area contributed by atoms with Crippen LogP contribution in [0, 0.1) is 13.8 Å². The Hall–Kier alpha value is -6.54. The van der Waals surface area contributed by atoms with E-state index < -0.39 is 11.6 Å². The van der Waals surface area contributed by atoms with Crippen LogP contribution in [0.15, 0.2) is 121 Å². The van der Waals surface area contributed by atoms with Crippen LogP contribution in [0.2, 0.25) is 0 Å². The van der Waals surface area contributed by atoms with Crippen molar-refractivity contribution in [1.82, 2.24) is 0 Å². The molecule has 0 saturated heterocycles. The second kappa shape index (κ2) is 14.7. The number of nitrogens with one attached hydrogen (secondary N) is 2. The molecule has 52 heavy (non-hydrogen) atoms. The molecular weight excluding hydrogens is 649 g/mol. The van der Waals surface area contributed by atoms with E-state index >= 15 is 0 Å². The largest absolute Gasteiger partial charge is 0.491 e. The van der Waals surface area contributed by atoms with E-state index in [-0.39, 0.29) is 33.6 Å². The number of fused-ring (bicyclic) bond motifs is 2. The fraction of sp³-hybridized carbons (Fsp3) is 0.136. The molecule has 0 saturated carbocycles. The highest BCUT2D eigenvalue weighted by atomic mass is 16.5. The Morgan fingerprint density at radius 1 is 0.500 bits per heavy atom. The van der Waals surface area contributed by atoms with Crippen molar-refractivity contribution in [2.45, 2.75) is 26.7 Å². The SMILES string of the molecule is Cc1ccc(Nc2cc(OCCc3ccccc3)c(N)c3c2C(=O)c2c(N)c(OCCc4ccccc4)cc(Nc4ccc(C)cc4)c2C3=O)cc1. The molecule has 0 unspecified atom stereocenters. The Bertz CT molecular complexity index is 2090. The van der Waals surface area contributed by atoms with Crippen molar-refractivity contribution < 1.29 is 19.1 Å². The summed E-state index contributed by atoms with van der Waals surface area (Å²) in [7, 11) is 0. The second-order valence-corrected chi connectivity index (χ2v) is 13.0. The number of anilines is 6. The molecule has 1 aliphatic carbocycles. The number of rotatable bonds is 12. The highest BCUT2D eigenvalue weighted by Crippen LogP contribution is 2.47. The van der Waals surface area contributed by atoms with Crippen molar-refractivity contribution in [3.8, 4) is 11.5 Å². The molecule has 8 heteroatoms. The Morgan fingerprint density at radius 2 is 0.865 bits per heavy atom. The topological polar surface area (TPSA) is 129 Å². The minimum Gasteiger partial charge on any atom is -0.491 e. The number of ketones is 2. The first kappa shape index (κ1) is 33.9. The van der Waals surface area contributed by atoms with Crippen molar-refractivity contribution in [1.29, 1.82) is 0 Å². The molecule has 0 atom stereocenters. The average molecular weight is 689 g/mol. The lowest BCUT2D eigenvalue weighted by Gasteiger charge is -2.28. The number of benzene rings is 6. The van der Waals surface area contributed by atoms with Crippen LogP contribution in [0.5, 0.6) is 11.5 Å². The van der Waals surface area contributed by atoms with Crippen LogP contribution < -0.4 is 31.6 Å². The van der Waals surface area contributed by atoms with E-state index in [4.69, 9.17) is 20.9 Å². The summed E-state index contributed by atoms with van der Waals surface area (Å²) in [6.07, 6.45) is 1.25. The fourth-order valence-electron chi connectivity index (χ4n) is 6.41. The summed E-state index contributed by atoms with van der Waals surface area (Å²) in [5, 5.41) is 6.73. The molecule has 0 heterocycles. The van der Waals surface area contributed by atoms with E-state index in [2.05, 4.69) is 10.6 Å². The zero-order valence-corrected chi connectivity index (χ0v) is 29.2. The molecule has 0 aliphatic heterocycles. The van der Waals surface area contributed by atoms with Crippen LogP contribution in [0.3, 0.4) is 0 Å². The van der Waals surface area contributed by atoms with Gasteiger partial charge in [0.15, 0.2) is 11.6 Å². The summed E-state index contributed by atoms with van der Waals surface area (Å²) in [6.45, 7) is 4.62. The predicted molar refractivity (Wildman–Crippen MR) is 209 cm³/mol. The van der Waals surface area contributed by atoms with Gasteiger partial charge >= 0.3 is 0 Å². The summed E-state index contributed by atoms with van der Waals surface area (Å²) in [5.41, 5.74) is 20.7. The van der Waals surface area contributed by atoms with Crippen LogP contribution in [0.1, 0.15) is 54.1 Å². The van der Waals surface area contributed by atoms with Gasteiger partial charge in [-0.25, -0.2) is 0 Å². The molecule has 0 fully saturated rings. The highest BCUT2D eigenvalue weighted by Gasteiger charge is 2.39. The molecule has 260 valence electrons. The third-order valence-electron chi connectivity index (χ3n) is 9.21. The maximum atomic E-state index is 14.8. The third-order valence-corrected chi connectivity index (χ3v) is 9.21. The molecule has 6 aromatic rings. The van der Waals surface area contributed by atoms with Crippen LogP contribution >= 0.6 is 0 Å². The normalized spacial score (nSPS) is 11.8. The van der Waals surface area contributed by atoms with Gasteiger partial charge in [-0.2, -0.15) is 0 Å². The van der Waals surface area contributed by atoms with Gasteiger partial charge in [0.25, 0.3) is 0 Å². The first-order valence-electron chi connectivity index (χ1n) is 17.3. The monoisotopic (exact) mass is 688 g/mol. The molecular formula is C44H40N4O4. The number of carbonyl (C=O) groups is 2. The van der Waals surface area contributed by atoms with Crippen LogP contribution in [0.4, 0.5) is 34.1 Å². The van der Waals surface area contributed by atoms with Gasteiger partial charge in [0.05, 0.1) is 58.2 Å². The quantitative estimate of drug-likeness (QED) is 0.0937. The fourth-order valence-corrected chi connectivity index (χ4v) is 6.41. The summed E-state index contributed by atoms with van der Waals surface area (Å²) in [6, 6.07) is 38.8. The first-order chi connectivity index (χ1) is 25.3. The van der Waals surface area contributed by atoms with E-state index in [9.17, 15) is 9.59 Å². The van der Waals surface area contributed by atoms with Crippen molar-refractivity contribution in [3.05, 3.63) is 166 Å². The highest BCUT2D eigenvalue weighted by molar-refractivity contribution is 6.35. The first-order valence-corrected chi connectivity index (χ1v) is 17.3. The summed E-state index contributed by atoms with van der Waals surface area (Å²) < 4.78 is 12.5. The molecule has 0 amide bonds. The number of hydrogen-bond donors (Lipinski definition) is 4. The van der Waals surface area contributed by atoms with Gasteiger partial charge < -0.3 is 31.6 Å². The van der Waals surface area contributed by atoms with Gasteiger partial charge in [-0.05, 0) is 49.2 Å². The molecule has 0 spiro atoms. The molecule has 8 nitrogen and oxygen atoms in total. The Labute approximate surface area is 303 Å². The minimum absolute atomic E-state index is 0.0634. The van der Waals surface area contributed by atoms with Crippen LogP contribution in [0.25, 0.3) is 0 Å². The van der Waals surface area contributed by atoms with E-state index in [1.54, 1.807) is 12.1 Å². The van der Waals surface area contributed by atoms with Gasteiger partial charge in [0, 0.05) is 36.3 Å². The average Bonchev–Trinajstić information content (AvgIpc) is 3.15. The Morgan fingerprint density at radius 3 is 1.23 bits per heavy atom. The van der Waals surface area contributed by atoms with Gasteiger partial charge in [-0.15, -0.1) is 0 Å². The van der Waals surface area contributed by atoms with E-state index in [1.165, 1.54) is 0 Å². The number of nitrogens with two attached hydrogens (primary N) is 2. The van der Waals surface area contributed by atoms with E-state index in [0.29, 0.717) is 48.9 Å². The van der Waals surface area contributed by atoms with Gasteiger partial charge in [-0.1, -0.05) is 96.1 Å². The second-order valence-electron chi connectivity index (χ2n) is 13.0. The number of aryl methyl sites for hydroxylation is 2. The molecule has 7 rings (SSSR count). The Balaban J connectivity index is 1.33. The van der Waals surface area contributed by atoms with Crippen molar-refractivity contribution >= 4 is 45.7 Å². The maximum Gasteiger partial charge on any atom is 0.198 e. The lowest BCUT2D eigenvalue weighted by Crippen LogP contribution is -2.27. The molecule has 6 aromatic carbocycles. The number of nitrogen functional groups attached to an aromatic ring is 2. The van der Waals surface area contributed by atoms with E-state index in [0.717, 1.165) is 33.6 Å². The smallest absolute Gasteiger partial charge is 0.198 e. The zero-order valence-electron chi connectivity index (χ0n) is 29.2. The molecule has 1 aliphatic rings. The van der Waals surface area contributed by atoms with Crippen molar-refractivity contribution in [2.75, 3.05) is 35.3 Å². The van der Waals surface area contributed by atoms with E-state index in [1.807, 2.05) is 123 Å². The van der Waals surface area contributed by atoms with Crippen LogP contribution in [-0.2, 0) is 12.8 Å². The van der Waals surface area contributed by atoms with Gasteiger partial charge in [-0.3, -0.25) is 9.59 Å².